The first kappa shape index (κ1) is 11.1. The molecule has 3 rings (SSSR count). The Hall–Kier alpha value is -1.02. The van der Waals surface area contributed by atoms with Crippen molar-refractivity contribution in [3.8, 4) is 5.75 Å². The molecule has 0 aliphatic heterocycles. The molecule has 0 bridgehead atoms. The lowest BCUT2D eigenvalue weighted by Crippen LogP contribution is -2.28. The number of rotatable bonds is 5. The summed E-state index contributed by atoms with van der Waals surface area (Å²) < 4.78 is 0. The number of nitrogens with one attached hydrogen (secondary N) is 1. The van der Waals surface area contributed by atoms with E-state index in [2.05, 4.69) is 12.2 Å². The molecule has 1 aromatic carbocycles. The van der Waals surface area contributed by atoms with Gasteiger partial charge in [-0.2, -0.15) is 0 Å². The first-order chi connectivity index (χ1) is 8.21. The van der Waals surface area contributed by atoms with Crippen molar-refractivity contribution in [2.24, 2.45) is 11.3 Å². The summed E-state index contributed by atoms with van der Waals surface area (Å²) in [6, 6.07) is 7.87. The van der Waals surface area contributed by atoms with Crippen LogP contribution in [0.15, 0.2) is 24.3 Å². The molecule has 0 aromatic heterocycles. The number of hydrogen-bond donors (Lipinski definition) is 2. The van der Waals surface area contributed by atoms with Crippen LogP contribution in [0, 0.1) is 11.3 Å². The van der Waals surface area contributed by atoms with Crippen molar-refractivity contribution in [3.63, 3.8) is 0 Å². The molecule has 2 aliphatic carbocycles. The van der Waals surface area contributed by atoms with Gasteiger partial charge >= 0.3 is 0 Å². The minimum absolute atomic E-state index is 0.243. The average molecular weight is 231 g/mol. The van der Waals surface area contributed by atoms with E-state index in [9.17, 15) is 5.11 Å². The van der Waals surface area contributed by atoms with Crippen molar-refractivity contribution >= 4 is 0 Å². The van der Waals surface area contributed by atoms with Crippen molar-refractivity contribution in [1.82, 2.24) is 5.32 Å². The Morgan fingerprint density at radius 2 is 2.06 bits per heavy atom. The highest BCUT2D eigenvalue weighted by Crippen LogP contribution is 2.61. The average Bonchev–Trinajstić information content (AvgIpc) is 3.17. The molecule has 2 heteroatoms. The van der Waals surface area contributed by atoms with Gasteiger partial charge in [0.2, 0.25) is 0 Å². The molecule has 0 heterocycles. The molecule has 2 fully saturated rings. The summed E-state index contributed by atoms with van der Waals surface area (Å²) in [4.78, 5) is 0. The molecule has 0 radical (unpaired) electrons. The van der Waals surface area contributed by atoms with Crippen molar-refractivity contribution < 1.29 is 5.11 Å². The van der Waals surface area contributed by atoms with Crippen molar-refractivity contribution in [2.45, 2.75) is 38.6 Å². The van der Waals surface area contributed by atoms with Crippen LogP contribution >= 0.6 is 0 Å². The molecule has 2 N–H and O–H groups in total. The fourth-order valence-corrected chi connectivity index (χ4v) is 2.91. The lowest BCUT2D eigenvalue weighted by Gasteiger charge is -2.20. The Morgan fingerprint density at radius 3 is 2.65 bits per heavy atom. The van der Waals surface area contributed by atoms with Crippen LogP contribution in [0.4, 0.5) is 0 Å². The highest BCUT2D eigenvalue weighted by atomic mass is 16.3. The van der Waals surface area contributed by atoms with Gasteiger partial charge in [-0.05, 0) is 50.0 Å². The highest BCUT2D eigenvalue weighted by Gasteiger charge is 2.53. The second kappa shape index (κ2) is 4.02. The molecule has 0 saturated heterocycles. The van der Waals surface area contributed by atoms with Crippen LogP contribution in [-0.4, -0.2) is 11.7 Å². The molecule has 0 amide bonds. The molecule has 2 aliphatic rings. The molecule has 2 nitrogen and oxygen atoms in total. The summed E-state index contributed by atoms with van der Waals surface area (Å²) in [5, 5.41) is 13.4. The molecular weight excluding hydrogens is 210 g/mol. The molecular formula is C15H21NO. The van der Waals surface area contributed by atoms with Gasteiger partial charge in [-0.15, -0.1) is 0 Å². The molecule has 1 atom stereocenters. The Bertz CT molecular complexity index is 407. The number of phenols is 1. The van der Waals surface area contributed by atoms with Crippen LogP contribution in [0.1, 0.15) is 44.2 Å². The van der Waals surface area contributed by atoms with E-state index in [0.29, 0.717) is 11.2 Å². The second-order valence-electron chi connectivity index (χ2n) is 5.80. The monoisotopic (exact) mass is 231 g/mol. The van der Waals surface area contributed by atoms with Gasteiger partial charge in [-0.1, -0.05) is 18.2 Å². The third kappa shape index (κ3) is 2.19. The Balaban J connectivity index is 1.60. The van der Waals surface area contributed by atoms with E-state index >= 15 is 0 Å². The number of hydrogen-bond acceptors (Lipinski definition) is 2. The minimum Gasteiger partial charge on any atom is -0.508 e. The number of phenolic OH excluding ortho intramolecular Hbond substituents is 1. The van der Waals surface area contributed by atoms with Crippen LogP contribution in [0.3, 0.4) is 0 Å². The van der Waals surface area contributed by atoms with E-state index in [1.807, 2.05) is 18.2 Å². The number of aromatic hydroxyl groups is 1. The van der Waals surface area contributed by atoms with Crippen LogP contribution in [0.25, 0.3) is 0 Å². The van der Waals surface area contributed by atoms with Crippen LogP contribution in [-0.2, 0) is 0 Å². The number of para-hydroxylation sites is 1. The third-order valence-electron chi connectivity index (χ3n) is 4.50. The standard InChI is InChI=1S/C15H21NO/c1-11(13-4-2-3-5-14(13)17)16-10-15(8-9-15)12-6-7-12/h2-5,11-12,16-17H,6-10H2,1H3. The fraction of sp³-hybridized carbons (Fsp3) is 0.600. The zero-order valence-electron chi connectivity index (χ0n) is 10.4. The van der Waals surface area contributed by atoms with Gasteiger partial charge in [-0.3, -0.25) is 0 Å². The third-order valence-corrected chi connectivity index (χ3v) is 4.50. The highest BCUT2D eigenvalue weighted by molar-refractivity contribution is 5.34. The molecule has 0 spiro atoms. The van der Waals surface area contributed by atoms with E-state index in [4.69, 9.17) is 0 Å². The first-order valence-electron chi connectivity index (χ1n) is 6.73. The predicted octanol–water partition coefficient (Wildman–Crippen LogP) is 3.23. The second-order valence-corrected chi connectivity index (χ2v) is 5.80. The van der Waals surface area contributed by atoms with Gasteiger partial charge in [-0.25, -0.2) is 0 Å². The lowest BCUT2D eigenvalue weighted by atomic mass is 9.99. The van der Waals surface area contributed by atoms with Gasteiger partial charge < -0.3 is 10.4 Å². The van der Waals surface area contributed by atoms with Gasteiger partial charge in [0, 0.05) is 18.2 Å². The van der Waals surface area contributed by atoms with Gasteiger partial charge in [0.25, 0.3) is 0 Å². The van der Waals surface area contributed by atoms with E-state index in [1.165, 1.54) is 25.7 Å². The van der Waals surface area contributed by atoms with Gasteiger partial charge in [0.15, 0.2) is 0 Å². The summed E-state index contributed by atoms with van der Waals surface area (Å²) in [5.41, 5.74) is 1.64. The maximum Gasteiger partial charge on any atom is 0.120 e. The summed E-state index contributed by atoms with van der Waals surface area (Å²) in [6.45, 7) is 3.26. The lowest BCUT2D eigenvalue weighted by molar-refractivity contribution is 0.376. The van der Waals surface area contributed by atoms with E-state index in [0.717, 1.165) is 18.0 Å². The van der Waals surface area contributed by atoms with Gasteiger partial charge in [0.1, 0.15) is 5.75 Å². The number of benzene rings is 1. The van der Waals surface area contributed by atoms with Crippen LogP contribution < -0.4 is 5.32 Å². The molecule has 1 unspecified atom stereocenters. The zero-order chi connectivity index (χ0) is 11.9. The van der Waals surface area contributed by atoms with E-state index < -0.39 is 0 Å². The van der Waals surface area contributed by atoms with E-state index in [1.54, 1.807) is 6.07 Å². The normalized spacial score (nSPS) is 23.4. The Morgan fingerprint density at radius 1 is 1.35 bits per heavy atom. The Labute approximate surface area is 103 Å². The summed E-state index contributed by atoms with van der Waals surface area (Å²) in [7, 11) is 0. The summed E-state index contributed by atoms with van der Waals surface area (Å²) >= 11 is 0. The van der Waals surface area contributed by atoms with Gasteiger partial charge in [0.05, 0.1) is 0 Å². The first-order valence-corrected chi connectivity index (χ1v) is 6.73. The van der Waals surface area contributed by atoms with Crippen LogP contribution in [0.2, 0.25) is 0 Å². The van der Waals surface area contributed by atoms with Crippen molar-refractivity contribution in [1.29, 1.82) is 0 Å². The quantitative estimate of drug-likeness (QED) is 0.815. The topological polar surface area (TPSA) is 32.3 Å². The van der Waals surface area contributed by atoms with Crippen molar-refractivity contribution in [2.75, 3.05) is 6.54 Å². The maximum atomic E-state index is 9.81. The summed E-state index contributed by atoms with van der Waals surface area (Å²) in [5.74, 6) is 1.40. The maximum absolute atomic E-state index is 9.81. The van der Waals surface area contributed by atoms with Crippen LogP contribution in [0.5, 0.6) is 5.75 Å². The SMILES string of the molecule is CC(NCC1(C2CC2)CC1)c1ccccc1O. The predicted molar refractivity (Wildman–Crippen MR) is 68.9 cm³/mol. The Kier molecular flexibility index (Phi) is 2.62. The fourth-order valence-electron chi connectivity index (χ4n) is 2.91. The zero-order valence-corrected chi connectivity index (χ0v) is 10.4. The van der Waals surface area contributed by atoms with E-state index in [-0.39, 0.29) is 6.04 Å². The minimum atomic E-state index is 0.243. The largest absolute Gasteiger partial charge is 0.508 e. The molecule has 17 heavy (non-hydrogen) atoms. The molecule has 1 aromatic rings. The molecule has 92 valence electrons. The van der Waals surface area contributed by atoms with Crippen molar-refractivity contribution in [3.05, 3.63) is 29.8 Å². The smallest absolute Gasteiger partial charge is 0.120 e. The summed E-state index contributed by atoms with van der Waals surface area (Å²) in [6.07, 6.45) is 5.68. The molecule has 2 saturated carbocycles.